The van der Waals surface area contributed by atoms with Crippen LogP contribution in [0.15, 0.2) is 0 Å². The van der Waals surface area contributed by atoms with Crippen LogP contribution in [0.4, 0.5) is 13.2 Å². The molecule has 0 aromatic heterocycles. The lowest BCUT2D eigenvalue weighted by molar-refractivity contribution is -0.105. The summed E-state index contributed by atoms with van der Waals surface area (Å²) in [6.45, 7) is 0. The molecule has 0 rings (SSSR count). The van der Waals surface area contributed by atoms with Crippen LogP contribution in [0.25, 0.3) is 0 Å². The van der Waals surface area contributed by atoms with Gasteiger partial charge in [-0.25, -0.2) is 0 Å². The molecule has 0 spiro atoms. The zero-order valence-corrected chi connectivity index (χ0v) is 5.87. The van der Waals surface area contributed by atoms with E-state index in [0.29, 0.717) is 11.8 Å². The molecule has 1 nitrogen and oxygen atoms in total. The van der Waals surface area contributed by atoms with Crippen LogP contribution in [0, 0.1) is 0 Å². The number of alkyl halides is 3. The molecule has 0 bridgehead atoms. The zero-order valence-electron chi connectivity index (χ0n) is 4.23. The first-order valence-corrected chi connectivity index (χ1v) is 3.30. The summed E-state index contributed by atoms with van der Waals surface area (Å²) < 4.78 is 33.7. The Morgan fingerprint density at radius 2 is 2.00 bits per heavy atom. The van der Waals surface area contributed by atoms with Gasteiger partial charge in [-0.3, -0.25) is 0 Å². The van der Waals surface area contributed by atoms with Gasteiger partial charge < -0.3 is 5.73 Å². The molecule has 2 N–H and O–H groups in total. The first kappa shape index (κ1) is 9.03. The van der Waals surface area contributed by atoms with Crippen molar-refractivity contribution in [2.75, 3.05) is 5.75 Å². The van der Waals surface area contributed by atoms with Crippen molar-refractivity contribution in [2.24, 2.45) is 5.73 Å². The fourth-order valence-electron chi connectivity index (χ4n) is 0.153. The van der Waals surface area contributed by atoms with Crippen LogP contribution in [0.3, 0.4) is 0 Å². The number of thiocarbonyl (C=S) groups is 1. The van der Waals surface area contributed by atoms with Gasteiger partial charge in [0.2, 0.25) is 0 Å². The van der Waals surface area contributed by atoms with Crippen LogP contribution < -0.4 is 5.73 Å². The lowest BCUT2D eigenvalue weighted by Crippen LogP contribution is -2.14. The molecule has 0 aliphatic rings. The second kappa shape index (κ2) is 3.26. The average molecular weight is 175 g/mol. The van der Waals surface area contributed by atoms with Gasteiger partial charge >= 0.3 is 6.18 Å². The second-order valence-electron chi connectivity index (χ2n) is 1.22. The van der Waals surface area contributed by atoms with E-state index in [-0.39, 0.29) is 4.32 Å². The fourth-order valence-corrected chi connectivity index (χ4v) is 0.636. The lowest BCUT2D eigenvalue weighted by Gasteiger charge is -2.02. The largest absolute Gasteiger partial charge is 0.398 e. The van der Waals surface area contributed by atoms with Gasteiger partial charge in [-0.1, -0.05) is 24.0 Å². The van der Waals surface area contributed by atoms with Crippen LogP contribution >= 0.6 is 24.0 Å². The molecular weight excluding hydrogens is 171 g/mol. The van der Waals surface area contributed by atoms with Gasteiger partial charge in [-0.2, -0.15) is 13.2 Å². The Hall–Kier alpha value is 0.0300. The maximum absolute atomic E-state index is 11.3. The smallest absolute Gasteiger partial charge is 0.385 e. The molecule has 0 atom stereocenters. The third kappa shape index (κ3) is 8.03. The summed E-state index contributed by atoms with van der Waals surface area (Å²) in [6.07, 6.45) is -4.17. The lowest BCUT2D eigenvalue weighted by atomic mass is 10.8. The Kier molecular flexibility index (Phi) is 3.27. The number of hydrogen-bond donors (Lipinski definition) is 1. The van der Waals surface area contributed by atoms with Crippen LogP contribution in [0.1, 0.15) is 0 Å². The van der Waals surface area contributed by atoms with E-state index in [1.807, 2.05) is 0 Å². The number of rotatable bonds is 1. The van der Waals surface area contributed by atoms with Gasteiger partial charge in [0.1, 0.15) is 4.32 Å². The van der Waals surface area contributed by atoms with Crippen molar-refractivity contribution in [2.45, 2.75) is 6.18 Å². The molecule has 0 fully saturated rings. The Labute approximate surface area is 59.8 Å². The highest BCUT2D eigenvalue weighted by atomic mass is 32.2. The summed E-state index contributed by atoms with van der Waals surface area (Å²) in [5.74, 6) is -0.998. The third-order valence-corrected chi connectivity index (χ3v) is 1.49. The summed E-state index contributed by atoms with van der Waals surface area (Å²) in [7, 11) is 0. The van der Waals surface area contributed by atoms with E-state index in [9.17, 15) is 13.2 Å². The minimum absolute atomic E-state index is 0.174. The maximum atomic E-state index is 11.3. The quantitative estimate of drug-likeness (QED) is 0.612. The molecule has 54 valence electrons. The molecule has 0 saturated heterocycles. The topological polar surface area (TPSA) is 26.0 Å². The monoisotopic (exact) mass is 175 g/mol. The number of hydrogen-bond acceptors (Lipinski definition) is 2. The molecule has 0 unspecified atom stereocenters. The Morgan fingerprint density at radius 1 is 1.56 bits per heavy atom. The molecule has 0 heterocycles. The van der Waals surface area contributed by atoms with Crippen molar-refractivity contribution in [3.63, 3.8) is 0 Å². The SMILES string of the molecule is NC(=S)SCC(F)(F)F. The minimum Gasteiger partial charge on any atom is -0.385 e. The van der Waals surface area contributed by atoms with E-state index >= 15 is 0 Å². The zero-order chi connectivity index (χ0) is 7.49. The molecule has 0 aromatic rings. The molecule has 0 aliphatic heterocycles. The van der Waals surface area contributed by atoms with Gasteiger partial charge in [0.05, 0.1) is 5.75 Å². The van der Waals surface area contributed by atoms with E-state index in [0.717, 1.165) is 0 Å². The molecule has 0 saturated carbocycles. The van der Waals surface area contributed by atoms with Crippen LogP contribution in [-0.4, -0.2) is 16.2 Å². The molecule has 0 amide bonds. The minimum atomic E-state index is -4.17. The Balaban J connectivity index is 3.39. The van der Waals surface area contributed by atoms with E-state index in [1.54, 1.807) is 0 Å². The van der Waals surface area contributed by atoms with Crippen molar-refractivity contribution >= 4 is 28.3 Å². The number of halogens is 3. The highest BCUT2D eigenvalue weighted by molar-refractivity contribution is 8.22. The van der Waals surface area contributed by atoms with Gasteiger partial charge in [-0.15, -0.1) is 0 Å². The van der Waals surface area contributed by atoms with Gasteiger partial charge in [0.25, 0.3) is 0 Å². The Morgan fingerprint density at radius 3 is 2.11 bits per heavy atom. The Bertz CT molecular complexity index is 110. The predicted octanol–water partition coefficient (Wildman–Crippen LogP) is 1.53. The van der Waals surface area contributed by atoms with Crippen LogP contribution in [0.2, 0.25) is 0 Å². The van der Waals surface area contributed by atoms with Gasteiger partial charge in [-0.05, 0) is 0 Å². The van der Waals surface area contributed by atoms with Crippen molar-refractivity contribution < 1.29 is 13.2 Å². The van der Waals surface area contributed by atoms with Crippen molar-refractivity contribution in [1.82, 2.24) is 0 Å². The van der Waals surface area contributed by atoms with E-state index in [4.69, 9.17) is 5.73 Å². The van der Waals surface area contributed by atoms with Gasteiger partial charge in [0, 0.05) is 0 Å². The van der Waals surface area contributed by atoms with Crippen LogP contribution in [-0.2, 0) is 0 Å². The van der Waals surface area contributed by atoms with Crippen molar-refractivity contribution in [1.29, 1.82) is 0 Å². The molecule has 0 radical (unpaired) electrons. The van der Waals surface area contributed by atoms with Gasteiger partial charge in [0.15, 0.2) is 0 Å². The summed E-state index contributed by atoms with van der Waals surface area (Å²) in [5.41, 5.74) is 4.79. The first-order valence-electron chi connectivity index (χ1n) is 1.91. The number of thioether (sulfide) groups is 1. The standard InChI is InChI=1S/C3H4F3NS2/c4-3(5,6)1-9-2(7)8/h1H2,(H2,7,8). The summed E-state index contributed by atoms with van der Waals surface area (Å²) in [6, 6.07) is 0. The summed E-state index contributed by atoms with van der Waals surface area (Å²) in [5, 5.41) is 0. The average Bonchev–Trinajstić information content (AvgIpc) is 1.59. The van der Waals surface area contributed by atoms with Crippen molar-refractivity contribution in [3.05, 3.63) is 0 Å². The third-order valence-electron chi connectivity index (χ3n) is 0.378. The summed E-state index contributed by atoms with van der Waals surface area (Å²) >= 11 is 4.63. The molecular formula is C3H4F3NS2. The molecule has 9 heavy (non-hydrogen) atoms. The van der Waals surface area contributed by atoms with E-state index in [2.05, 4.69) is 12.2 Å². The van der Waals surface area contributed by atoms with Crippen molar-refractivity contribution in [3.8, 4) is 0 Å². The van der Waals surface area contributed by atoms with E-state index in [1.165, 1.54) is 0 Å². The second-order valence-corrected chi connectivity index (χ2v) is 2.94. The first-order chi connectivity index (χ1) is 3.92. The maximum Gasteiger partial charge on any atom is 0.398 e. The highest BCUT2D eigenvalue weighted by Crippen LogP contribution is 2.20. The highest BCUT2D eigenvalue weighted by Gasteiger charge is 2.27. The molecule has 0 aliphatic carbocycles. The molecule has 6 heteroatoms. The normalized spacial score (nSPS) is 11.4. The van der Waals surface area contributed by atoms with Crippen LogP contribution in [0.5, 0.6) is 0 Å². The predicted molar refractivity (Wildman–Crippen MR) is 35.3 cm³/mol. The fraction of sp³-hybridized carbons (Fsp3) is 0.667. The molecule has 0 aromatic carbocycles. The number of nitrogens with two attached hydrogens (primary N) is 1. The summed E-state index contributed by atoms with van der Waals surface area (Å²) in [4.78, 5) is 0. The van der Waals surface area contributed by atoms with E-state index < -0.39 is 11.9 Å².